The standard InChI is InChI=1S/C19H29N5O/c1-4-20-19(21-7-5-10-24-11-6-8-23-24)22-9-12-25-18-14-16(2)13-17(3)15-18/h6,8,11,13-15H,4-5,7,9-10,12H2,1-3H3,(H2,20,21,22). The minimum Gasteiger partial charge on any atom is -0.492 e. The van der Waals surface area contributed by atoms with Gasteiger partial charge >= 0.3 is 0 Å². The first-order chi connectivity index (χ1) is 12.2. The SMILES string of the molecule is CCNC(=NCCCn1cccn1)NCCOc1cc(C)cc(C)c1. The van der Waals surface area contributed by atoms with Gasteiger partial charge in [-0.25, -0.2) is 0 Å². The molecular weight excluding hydrogens is 314 g/mol. The van der Waals surface area contributed by atoms with Gasteiger partial charge in [0.15, 0.2) is 5.96 Å². The van der Waals surface area contributed by atoms with Gasteiger partial charge in [-0.3, -0.25) is 9.67 Å². The summed E-state index contributed by atoms with van der Waals surface area (Å²) in [5.74, 6) is 1.74. The van der Waals surface area contributed by atoms with E-state index in [4.69, 9.17) is 4.74 Å². The van der Waals surface area contributed by atoms with Crippen LogP contribution in [0.25, 0.3) is 0 Å². The van der Waals surface area contributed by atoms with Crippen molar-refractivity contribution in [2.24, 2.45) is 4.99 Å². The van der Waals surface area contributed by atoms with E-state index in [1.54, 1.807) is 6.20 Å². The van der Waals surface area contributed by atoms with Crippen molar-refractivity contribution in [1.29, 1.82) is 0 Å². The second-order valence-corrected chi connectivity index (χ2v) is 5.98. The van der Waals surface area contributed by atoms with Crippen LogP contribution in [0.1, 0.15) is 24.5 Å². The number of hydrogen-bond donors (Lipinski definition) is 2. The van der Waals surface area contributed by atoms with Gasteiger partial charge in [-0.1, -0.05) is 6.07 Å². The molecule has 0 amide bonds. The summed E-state index contributed by atoms with van der Waals surface area (Å²) in [5.41, 5.74) is 2.44. The summed E-state index contributed by atoms with van der Waals surface area (Å²) in [7, 11) is 0. The molecule has 0 aliphatic heterocycles. The Labute approximate surface area is 150 Å². The minimum atomic E-state index is 0.598. The van der Waals surface area contributed by atoms with E-state index in [2.05, 4.69) is 59.7 Å². The number of guanidine groups is 1. The van der Waals surface area contributed by atoms with Crippen LogP contribution in [0.2, 0.25) is 0 Å². The Hall–Kier alpha value is -2.50. The summed E-state index contributed by atoms with van der Waals surface area (Å²) >= 11 is 0. The lowest BCUT2D eigenvalue weighted by Gasteiger charge is -2.12. The van der Waals surface area contributed by atoms with Crippen LogP contribution < -0.4 is 15.4 Å². The molecule has 0 saturated heterocycles. The molecule has 2 N–H and O–H groups in total. The van der Waals surface area contributed by atoms with Crippen LogP contribution in [-0.4, -0.2) is 42.0 Å². The molecule has 136 valence electrons. The maximum atomic E-state index is 5.81. The van der Waals surface area contributed by atoms with E-state index < -0.39 is 0 Å². The van der Waals surface area contributed by atoms with Crippen molar-refractivity contribution in [3.05, 3.63) is 47.8 Å². The number of aryl methyl sites for hydroxylation is 3. The van der Waals surface area contributed by atoms with Gasteiger partial charge in [-0.2, -0.15) is 5.10 Å². The zero-order valence-electron chi connectivity index (χ0n) is 15.5. The molecule has 0 radical (unpaired) electrons. The molecule has 0 fully saturated rings. The van der Waals surface area contributed by atoms with Crippen LogP contribution in [0.5, 0.6) is 5.75 Å². The van der Waals surface area contributed by atoms with Crippen LogP contribution in [-0.2, 0) is 6.54 Å². The number of nitrogens with one attached hydrogen (secondary N) is 2. The molecule has 6 nitrogen and oxygen atoms in total. The number of aromatic nitrogens is 2. The number of rotatable bonds is 9. The fourth-order valence-corrected chi connectivity index (χ4v) is 2.55. The van der Waals surface area contributed by atoms with E-state index in [-0.39, 0.29) is 0 Å². The molecule has 0 aliphatic carbocycles. The summed E-state index contributed by atoms with van der Waals surface area (Å²) < 4.78 is 7.74. The van der Waals surface area contributed by atoms with E-state index in [0.717, 1.165) is 37.8 Å². The van der Waals surface area contributed by atoms with Gasteiger partial charge in [0.05, 0.1) is 6.54 Å². The summed E-state index contributed by atoms with van der Waals surface area (Å²) in [6.07, 6.45) is 4.72. The first-order valence-electron chi connectivity index (χ1n) is 8.88. The highest BCUT2D eigenvalue weighted by molar-refractivity contribution is 5.79. The molecule has 1 aromatic heterocycles. The summed E-state index contributed by atoms with van der Waals surface area (Å²) in [5, 5.41) is 10.8. The van der Waals surface area contributed by atoms with Crippen molar-refractivity contribution in [3.8, 4) is 5.75 Å². The third kappa shape index (κ3) is 7.28. The van der Waals surface area contributed by atoms with Crippen LogP contribution in [0, 0.1) is 13.8 Å². The van der Waals surface area contributed by atoms with Crippen molar-refractivity contribution in [2.75, 3.05) is 26.2 Å². The highest BCUT2D eigenvalue weighted by atomic mass is 16.5. The molecule has 0 atom stereocenters. The van der Waals surface area contributed by atoms with Gasteiger partial charge in [0.25, 0.3) is 0 Å². The molecule has 0 bridgehead atoms. The highest BCUT2D eigenvalue weighted by Gasteiger charge is 1.99. The van der Waals surface area contributed by atoms with Gasteiger partial charge in [0.1, 0.15) is 12.4 Å². The van der Waals surface area contributed by atoms with Crippen LogP contribution in [0.15, 0.2) is 41.7 Å². The van der Waals surface area contributed by atoms with E-state index in [1.807, 2.05) is 16.9 Å². The lowest BCUT2D eigenvalue weighted by atomic mass is 10.1. The number of ether oxygens (including phenoxy) is 1. The molecule has 2 aromatic rings. The van der Waals surface area contributed by atoms with Crippen molar-refractivity contribution in [3.63, 3.8) is 0 Å². The maximum Gasteiger partial charge on any atom is 0.191 e. The third-order valence-corrected chi connectivity index (χ3v) is 3.58. The average Bonchev–Trinajstić information content (AvgIpc) is 3.08. The predicted octanol–water partition coefficient (Wildman–Crippen LogP) is 2.52. The quantitative estimate of drug-likeness (QED) is 0.417. The van der Waals surface area contributed by atoms with Crippen molar-refractivity contribution in [1.82, 2.24) is 20.4 Å². The molecule has 0 aliphatic rings. The first-order valence-corrected chi connectivity index (χ1v) is 8.88. The fourth-order valence-electron chi connectivity index (χ4n) is 2.55. The smallest absolute Gasteiger partial charge is 0.191 e. The van der Waals surface area contributed by atoms with Gasteiger partial charge < -0.3 is 15.4 Å². The van der Waals surface area contributed by atoms with Gasteiger partial charge in [-0.05, 0) is 56.5 Å². The average molecular weight is 343 g/mol. The molecule has 1 heterocycles. The van der Waals surface area contributed by atoms with Crippen LogP contribution in [0.4, 0.5) is 0 Å². The largest absolute Gasteiger partial charge is 0.492 e. The Morgan fingerprint density at radius 1 is 1.20 bits per heavy atom. The number of benzene rings is 1. The summed E-state index contributed by atoms with van der Waals surface area (Å²) in [6.45, 7) is 10.0. The molecule has 1 aromatic carbocycles. The van der Waals surface area contributed by atoms with E-state index >= 15 is 0 Å². The fraction of sp³-hybridized carbons (Fsp3) is 0.474. The molecule has 0 spiro atoms. The summed E-state index contributed by atoms with van der Waals surface area (Å²) in [6, 6.07) is 8.19. The zero-order valence-corrected chi connectivity index (χ0v) is 15.5. The van der Waals surface area contributed by atoms with Crippen molar-refractivity contribution in [2.45, 2.75) is 33.7 Å². The molecule has 25 heavy (non-hydrogen) atoms. The van der Waals surface area contributed by atoms with E-state index in [0.29, 0.717) is 13.2 Å². The summed E-state index contributed by atoms with van der Waals surface area (Å²) in [4.78, 5) is 4.58. The van der Waals surface area contributed by atoms with Gasteiger partial charge in [0.2, 0.25) is 0 Å². The van der Waals surface area contributed by atoms with Gasteiger partial charge in [-0.15, -0.1) is 0 Å². The molecule has 0 saturated carbocycles. The predicted molar refractivity (Wildman–Crippen MR) is 102 cm³/mol. The normalized spacial score (nSPS) is 11.4. The Balaban J connectivity index is 1.69. The van der Waals surface area contributed by atoms with Crippen LogP contribution >= 0.6 is 0 Å². The second-order valence-electron chi connectivity index (χ2n) is 5.98. The monoisotopic (exact) mass is 343 g/mol. The number of hydrogen-bond acceptors (Lipinski definition) is 3. The Kier molecular flexibility index (Phi) is 7.82. The lowest BCUT2D eigenvalue weighted by Crippen LogP contribution is -2.39. The van der Waals surface area contributed by atoms with Crippen LogP contribution in [0.3, 0.4) is 0 Å². The first kappa shape index (κ1) is 18.8. The lowest BCUT2D eigenvalue weighted by molar-refractivity contribution is 0.321. The minimum absolute atomic E-state index is 0.598. The molecule has 2 rings (SSSR count). The Bertz CT molecular complexity index is 632. The zero-order chi connectivity index (χ0) is 17.9. The Morgan fingerprint density at radius 3 is 2.68 bits per heavy atom. The maximum absolute atomic E-state index is 5.81. The van der Waals surface area contributed by atoms with Crippen molar-refractivity contribution < 1.29 is 4.74 Å². The van der Waals surface area contributed by atoms with E-state index in [1.165, 1.54) is 11.1 Å². The van der Waals surface area contributed by atoms with E-state index in [9.17, 15) is 0 Å². The van der Waals surface area contributed by atoms with Gasteiger partial charge in [0, 0.05) is 32.0 Å². The second kappa shape index (κ2) is 10.4. The third-order valence-electron chi connectivity index (χ3n) is 3.58. The number of aliphatic imine (C=N–C) groups is 1. The molecular formula is C19H29N5O. The highest BCUT2D eigenvalue weighted by Crippen LogP contribution is 2.15. The topological polar surface area (TPSA) is 63.5 Å². The number of nitrogens with zero attached hydrogens (tertiary/aromatic N) is 3. The molecule has 6 heteroatoms. The van der Waals surface area contributed by atoms with Crippen molar-refractivity contribution >= 4 is 5.96 Å². The Morgan fingerprint density at radius 2 is 2.00 bits per heavy atom. The molecule has 0 unspecified atom stereocenters.